The third-order valence-electron chi connectivity index (χ3n) is 5.37. The summed E-state index contributed by atoms with van der Waals surface area (Å²) in [5, 5.41) is 8.74. The second kappa shape index (κ2) is 10.4. The summed E-state index contributed by atoms with van der Waals surface area (Å²) in [5.74, 6) is -0.0972. The number of hydrogen-bond donors (Lipinski definition) is 2. The van der Waals surface area contributed by atoms with E-state index in [9.17, 15) is 9.59 Å². The van der Waals surface area contributed by atoms with Crippen molar-refractivity contribution in [2.75, 3.05) is 43.4 Å². The van der Waals surface area contributed by atoms with Gasteiger partial charge in [0.25, 0.3) is 5.91 Å². The highest BCUT2D eigenvalue weighted by atomic mass is 32.1. The maximum atomic E-state index is 12.8. The minimum Gasteiger partial charge on any atom is -0.357 e. The Balaban J connectivity index is 1.22. The number of piperazine rings is 1. The van der Waals surface area contributed by atoms with Gasteiger partial charge in [-0.2, -0.15) is 0 Å². The molecular weight excluding hydrogens is 422 g/mol. The third-order valence-corrected chi connectivity index (χ3v) is 6.17. The van der Waals surface area contributed by atoms with Crippen molar-refractivity contribution in [3.05, 3.63) is 76.8 Å². The normalized spacial score (nSPS) is 14.2. The number of rotatable bonds is 7. The van der Waals surface area contributed by atoms with E-state index in [1.54, 1.807) is 5.38 Å². The van der Waals surface area contributed by atoms with Gasteiger partial charge in [-0.3, -0.25) is 14.5 Å². The number of amides is 2. The number of hydrogen-bond acceptors (Lipinski definition) is 6. The molecule has 0 spiro atoms. The molecule has 0 saturated carbocycles. The first-order chi connectivity index (χ1) is 15.6. The lowest BCUT2D eigenvalue weighted by molar-refractivity contribution is -0.117. The topological polar surface area (TPSA) is 77.6 Å². The molecule has 2 N–H and O–H groups in total. The van der Waals surface area contributed by atoms with Crippen LogP contribution in [0.3, 0.4) is 0 Å². The largest absolute Gasteiger partial charge is 0.357 e. The summed E-state index contributed by atoms with van der Waals surface area (Å²) in [6.07, 6.45) is 0. The fourth-order valence-corrected chi connectivity index (χ4v) is 4.22. The van der Waals surface area contributed by atoms with Crippen LogP contribution in [0.25, 0.3) is 0 Å². The van der Waals surface area contributed by atoms with Gasteiger partial charge in [0.05, 0.1) is 6.54 Å². The molecule has 0 bridgehead atoms. The van der Waals surface area contributed by atoms with Crippen LogP contribution >= 0.6 is 11.3 Å². The van der Waals surface area contributed by atoms with E-state index < -0.39 is 0 Å². The van der Waals surface area contributed by atoms with Gasteiger partial charge in [-0.25, -0.2) is 4.98 Å². The van der Waals surface area contributed by atoms with Crippen molar-refractivity contribution in [3.63, 3.8) is 0 Å². The molecule has 3 aromatic rings. The molecule has 0 unspecified atom stereocenters. The zero-order chi connectivity index (χ0) is 22.3. The van der Waals surface area contributed by atoms with E-state index in [0.29, 0.717) is 45.0 Å². The first-order valence-electron chi connectivity index (χ1n) is 10.7. The van der Waals surface area contributed by atoms with E-state index in [1.165, 1.54) is 11.3 Å². The zero-order valence-corrected chi connectivity index (χ0v) is 18.9. The molecule has 0 atom stereocenters. The molecule has 166 valence electrons. The fourth-order valence-electron chi connectivity index (χ4n) is 3.54. The van der Waals surface area contributed by atoms with Gasteiger partial charge >= 0.3 is 0 Å². The van der Waals surface area contributed by atoms with Gasteiger partial charge in [0.1, 0.15) is 5.69 Å². The summed E-state index contributed by atoms with van der Waals surface area (Å²) in [6, 6.07) is 17.8. The van der Waals surface area contributed by atoms with Crippen LogP contribution in [0.2, 0.25) is 0 Å². The molecule has 1 saturated heterocycles. The molecule has 8 heteroatoms. The minimum absolute atomic E-state index is 0.0396. The number of carbonyl (C=O) groups excluding carboxylic acids is 2. The lowest BCUT2D eigenvalue weighted by Crippen LogP contribution is -2.50. The number of aromatic nitrogens is 1. The molecule has 2 heterocycles. The Hall–Kier alpha value is -3.23. The van der Waals surface area contributed by atoms with Gasteiger partial charge in [-0.1, -0.05) is 48.0 Å². The summed E-state index contributed by atoms with van der Waals surface area (Å²) >= 11 is 1.44. The molecule has 4 rings (SSSR count). The predicted octanol–water partition coefficient (Wildman–Crippen LogP) is 3.46. The standard InChI is InChI=1S/C24H27N5O2S/c1-18-7-9-20(10-8-18)26-22(30)16-28-11-13-29(14-12-28)23(31)21-17-32-24(27-21)25-15-19-5-3-2-4-6-19/h2-10,17H,11-16H2,1H3,(H,25,27)(H,26,30). The molecule has 1 aliphatic rings. The van der Waals surface area contributed by atoms with E-state index in [0.717, 1.165) is 21.9 Å². The molecular formula is C24H27N5O2S. The summed E-state index contributed by atoms with van der Waals surface area (Å²) in [4.78, 5) is 33.5. The average Bonchev–Trinajstić information content (AvgIpc) is 3.29. The third kappa shape index (κ3) is 5.93. The van der Waals surface area contributed by atoms with E-state index >= 15 is 0 Å². The molecule has 1 fully saturated rings. The van der Waals surface area contributed by atoms with E-state index in [-0.39, 0.29) is 11.8 Å². The number of anilines is 2. The van der Waals surface area contributed by atoms with Crippen molar-refractivity contribution in [1.29, 1.82) is 0 Å². The van der Waals surface area contributed by atoms with Crippen LogP contribution in [0.1, 0.15) is 21.6 Å². The van der Waals surface area contributed by atoms with Crippen molar-refractivity contribution in [2.45, 2.75) is 13.5 Å². The lowest BCUT2D eigenvalue weighted by atomic mass is 10.2. The van der Waals surface area contributed by atoms with Gasteiger partial charge in [0.2, 0.25) is 5.91 Å². The Bertz CT molecular complexity index is 1040. The zero-order valence-electron chi connectivity index (χ0n) is 18.1. The van der Waals surface area contributed by atoms with E-state index in [4.69, 9.17) is 0 Å². The smallest absolute Gasteiger partial charge is 0.273 e. The van der Waals surface area contributed by atoms with Crippen LogP contribution in [-0.4, -0.2) is 59.3 Å². The van der Waals surface area contributed by atoms with Gasteiger partial charge < -0.3 is 15.5 Å². The molecule has 2 amide bonds. The van der Waals surface area contributed by atoms with Crippen molar-refractivity contribution in [3.8, 4) is 0 Å². The summed E-state index contributed by atoms with van der Waals surface area (Å²) < 4.78 is 0. The summed E-state index contributed by atoms with van der Waals surface area (Å²) in [7, 11) is 0. The molecule has 0 radical (unpaired) electrons. The Morgan fingerprint density at radius 1 is 1.00 bits per heavy atom. The second-order valence-corrected chi connectivity index (χ2v) is 8.72. The molecule has 32 heavy (non-hydrogen) atoms. The Kier molecular flexibility index (Phi) is 7.14. The van der Waals surface area contributed by atoms with Crippen molar-refractivity contribution < 1.29 is 9.59 Å². The summed E-state index contributed by atoms with van der Waals surface area (Å²) in [6.45, 7) is 5.50. The van der Waals surface area contributed by atoms with Crippen LogP contribution < -0.4 is 10.6 Å². The van der Waals surface area contributed by atoms with Crippen LogP contribution in [-0.2, 0) is 11.3 Å². The maximum Gasteiger partial charge on any atom is 0.273 e. The fraction of sp³-hybridized carbons (Fsp3) is 0.292. The second-order valence-electron chi connectivity index (χ2n) is 7.86. The summed E-state index contributed by atoms with van der Waals surface area (Å²) in [5.41, 5.74) is 3.59. The molecule has 1 aromatic heterocycles. The quantitative estimate of drug-likeness (QED) is 0.578. The van der Waals surface area contributed by atoms with Crippen LogP contribution in [0.5, 0.6) is 0 Å². The van der Waals surface area contributed by atoms with Gasteiger partial charge in [-0.15, -0.1) is 11.3 Å². The number of benzene rings is 2. The molecule has 2 aromatic carbocycles. The SMILES string of the molecule is Cc1ccc(NC(=O)CN2CCN(C(=O)c3csc(NCc4ccccc4)n3)CC2)cc1. The minimum atomic E-state index is -0.0576. The number of aryl methyl sites for hydroxylation is 1. The van der Waals surface area contributed by atoms with Crippen molar-refractivity contribution in [1.82, 2.24) is 14.8 Å². The van der Waals surface area contributed by atoms with Crippen LogP contribution in [0, 0.1) is 6.92 Å². The highest BCUT2D eigenvalue weighted by molar-refractivity contribution is 7.13. The highest BCUT2D eigenvalue weighted by Crippen LogP contribution is 2.18. The molecule has 7 nitrogen and oxygen atoms in total. The predicted molar refractivity (Wildman–Crippen MR) is 128 cm³/mol. The van der Waals surface area contributed by atoms with Crippen molar-refractivity contribution in [2.24, 2.45) is 0 Å². The number of nitrogens with one attached hydrogen (secondary N) is 2. The van der Waals surface area contributed by atoms with Crippen molar-refractivity contribution >= 4 is 34.0 Å². The van der Waals surface area contributed by atoms with Crippen LogP contribution in [0.15, 0.2) is 60.0 Å². The number of nitrogens with zero attached hydrogens (tertiary/aromatic N) is 3. The molecule has 0 aliphatic carbocycles. The van der Waals surface area contributed by atoms with E-state index in [1.807, 2.05) is 66.4 Å². The number of carbonyl (C=O) groups is 2. The molecule has 1 aliphatic heterocycles. The monoisotopic (exact) mass is 449 g/mol. The van der Waals surface area contributed by atoms with Gasteiger partial charge in [0.15, 0.2) is 5.13 Å². The Morgan fingerprint density at radius 2 is 1.72 bits per heavy atom. The van der Waals surface area contributed by atoms with Gasteiger partial charge in [-0.05, 0) is 24.6 Å². The maximum absolute atomic E-state index is 12.8. The van der Waals surface area contributed by atoms with E-state index in [2.05, 4.69) is 20.5 Å². The number of thiazole rings is 1. The Labute approximate surface area is 192 Å². The van der Waals surface area contributed by atoms with Crippen LogP contribution in [0.4, 0.5) is 10.8 Å². The average molecular weight is 450 g/mol. The highest BCUT2D eigenvalue weighted by Gasteiger charge is 2.24. The first kappa shape index (κ1) is 22.0. The Morgan fingerprint density at radius 3 is 2.44 bits per heavy atom. The van der Waals surface area contributed by atoms with Gasteiger partial charge in [0, 0.05) is 43.8 Å². The first-order valence-corrected chi connectivity index (χ1v) is 11.6. The lowest BCUT2D eigenvalue weighted by Gasteiger charge is -2.33.